The molecule has 12 heteroatoms. The molecule has 2 heterocycles. The van der Waals surface area contributed by atoms with Crippen LogP contribution < -0.4 is 5.43 Å². The van der Waals surface area contributed by atoms with Gasteiger partial charge < -0.3 is 19.1 Å². The van der Waals surface area contributed by atoms with E-state index < -0.39 is 103 Å². The zero-order chi connectivity index (χ0) is 48.5. The normalized spacial score (nSPS) is 22.9. The van der Waals surface area contributed by atoms with Gasteiger partial charge in [0.1, 0.15) is 6.50 Å². The van der Waals surface area contributed by atoms with Crippen LogP contribution in [0.4, 0.5) is 22.0 Å². The number of benzene rings is 4. The lowest BCUT2D eigenvalue weighted by atomic mass is 10.00. The molecule has 4 aromatic carbocycles. The van der Waals surface area contributed by atoms with Crippen LogP contribution in [0.1, 0.15) is 47.3 Å². The summed E-state index contributed by atoms with van der Waals surface area (Å²) in [5, 5.41) is -0.584. The van der Waals surface area contributed by atoms with E-state index in [0.29, 0.717) is 21.9 Å². The largest absolute Gasteiger partial charge is 0.416 e. The van der Waals surface area contributed by atoms with E-state index in [-0.39, 0.29) is 37.4 Å². The van der Waals surface area contributed by atoms with Crippen LogP contribution in [0.3, 0.4) is 0 Å². The van der Waals surface area contributed by atoms with Gasteiger partial charge in [0.05, 0.1) is 29.5 Å². The first-order valence-electron chi connectivity index (χ1n) is 22.0. The van der Waals surface area contributed by atoms with Crippen LogP contribution in [0.25, 0.3) is 22.0 Å². The zero-order valence-corrected chi connectivity index (χ0v) is 28.0. The number of halogens is 5. The van der Waals surface area contributed by atoms with Gasteiger partial charge in [0.15, 0.2) is 17.1 Å². The van der Waals surface area contributed by atoms with Gasteiger partial charge >= 0.3 is 6.18 Å². The lowest BCUT2D eigenvalue weighted by Gasteiger charge is -2.39. The molecule has 0 spiro atoms. The number of rotatable bonds is 12. The van der Waals surface area contributed by atoms with Crippen molar-refractivity contribution in [2.45, 2.75) is 48.8 Å². The molecule has 6 nitrogen and oxygen atoms in total. The van der Waals surface area contributed by atoms with Gasteiger partial charge in [-0.1, -0.05) is 60.7 Å². The molecule has 0 atom stereocenters. The Morgan fingerprint density at radius 3 is 2.33 bits per heavy atom. The Bertz CT molecular complexity index is 2640. The molecule has 1 aliphatic heterocycles. The number of fused-ring (bicyclic) bond motifs is 1. The Morgan fingerprint density at radius 1 is 0.981 bits per heavy atom. The molecule has 0 N–H and O–H groups in total. The van der Waals surface area contributed by atoms with Gasteiger partial charge in [0.25, 0.3) is 0 Å². The molecule has 1 saturated heterocycles. The van der Waals surface area contributed by atoms with Crippen LogP contribution in [0.15, 0.2) is 107 Å². The molecule has 1 fully saturated rings. The number of para-hydroxylation sites is 1. The lowest BCUT2D eigenvalue weighted by molar-refractivity contribution is -0.137. The molecule has 1 aliphatic rings. The number of pyridine rings is 1. The average molecular weight is 749 g/mol. The molecule has 0 radical (unpaired) electrons. The molecule has 0 bridgehead atoms. The number of piperidine rings is 1. The molecular formula is C40H38F5N3O3S. The summed E-state index contributed by atoms with van der Waals surface area (Å²) in [5.41, 5.74) is -1.75. The minimum Gasteiger partial charge on any atom is -0.383 e. The number of hydrogen-bond donors (Lipinski definition) is 0. The van der Waals surface area contributed by atoms with Crippen LogP contribution in [-0.4, -0.2) is 59.5 Å². The predicted molar refractivity (Wildman–Crippen MR) is 193 cm³/mol. The van der Waals surface area contributed by atoms with Crippen LogP contribution in [0, 0.1) is 11.6 Å². The van der Waals surface area contributed by atoms with Crippen LogP contribution >= 0.6 is 11.8 Å². The van der Waals surface area contributed by atoms with E-state index in [1.807, 2.05) is 0 Å². The van der Waals surface area contributed by atoms with E-state index in [2.05, 4.69) is 4.74 Å². The second-order valence-electron chi connectivity index (χ2n) is 11.2. The molecule has 1 amide bonds. The van der Waals surface area contributed by atoms with Crippen LogP contribution in [0.5, 0.6) is 0 Å². The summed E-state index contributed by atoms with van der Waals surface area (Å²) < 4.78 is 192. The first-order chi connectivity index (χ1) is 29.9. The van der Waals surface area contributed by atoms with E-state index in [1.54, 1.807) is 0 Å². The maximum absolute atomic E-state index is 15.3. The van der Waals surface area contributed by atoms with Gasteiger partial charge in [-0.15, -0.1) is 11.8 Å². The maximum atomic E-state index is 15.3. The first kappa shape index (κ1) is 23.9. The Kier molecular flexibility index (Phi) is 7.56. The minimum absolute atomic E-state index is 0.0222. The highest BCUT2D eigenvalue weighted by Crippen LogP contribution is 2.32. The first-order valence-corrected chi connectivity index (χ1v) is 16.5. The quantitative estimate of drug-likeness (QED) is 0.0949. The lowest BCUT2D eigenvalue weighted by Crippen LogP contribution is -2.48. The summed E-state index contributed by atoms with van der Waals surface area (Å²) in [6.07, 6.45) is -12.9. The van der Waals surface area contributed by atoms with Gasteiger partial charge in [0.2, 0.25) is 5.91 Å². The Labute approximate surface area is 321 Å². The minimum atomic E-state index is -4.64. The summed E-state index contributed by atoms with van der Waals surface area (Å²) >= 11 is 0.569. The molecule has 0 saturated carbocycles. The predicted octanol–water partition coefficient (Wildman–Crippen LogP) is 8.40. The van der Waals surface area contributed by atoms with Crippen LogP contribution in [-0.2, 0) is 34.5 Å². The van der Waals surface area contributed by atoms with Gasteiger partial charge in [0, 0.05) is 72.9 Å². The van der Waals surface area contributed by atoms with Crippen molar-refractivity contribution in [3.05, 3.63) is 136 Å². The standard InChI is InChI=1S/C40H38F5N3O3S/c1-51-22-21-46-19-17-32(18-20-46)47(24-27-9-11-28(12-10-27)29-13-15-31(16-14-29)40(43,44)45)37(50)25-48-35-8-3-2-6-33(35)36(49)23-38(48)52-26-30-5-4-7-34(41)39(30)42/h2-16,23,32H,17-22,24-26H2,1H3/i17D2,18D2,19D2,20D2,22D2,25D2,32D. The monoisotopic (exact) mass is 748 g/mol. The summed E-state index contributed by atoms with van der Waals surface area (Å²) in [4.78, 5) is 28.6. The van der Waals surface area contributed by atoms with E-state index in [9.17, 15) is 36.3 Å². The molecule has 1 aromatic heterocycles. The van der Waals surface area contributed by atoms with Gasteiger partial charge in [-0.2, -0.15) is 13.2 Å². The summed E-state index contributed by atoms with van der Waals surface area (Å²) in [6.45, 7) is -17.0. The van der Waals surface area contributed by atoms with Crippen molar-refractivity contribution >= 4 is 28.6 Å². The number of carbonyl (C=O) groups excluding carboxylic acids is 1. The third-order valence-electron chi connectivity index (χ3n) is 7.84. The van der Waals surface area contributed by atoms with Gasteiger partial charge in [-0.3, -0.25) is 9.59 Å². The number of likely N-dealkylation sites (tertiary alicyclic amines) is 1. The fourth-order valence-electron chi connectivity index (χ4n) is 5.17. The maximum Gasteiger partial charge on any atom is 0.416 e. The third kappa shape index (κ3) is 8.74. The second kappa shape index (κ2) is 16.4. The number of aromatic nitrogens is 1. The smallest absolute Gasteiger partial charge is 0.383 e. The number of amides is 1. The zero-order valence-electron chi connectivity index (χ0n) is 40.2. The van der Waals surface area contributed by atoms with Crippen molar-refractivity contribution in [3.8, 4) is 11.1 Å². The SMILES string of the molecule is [2H]C([2H])(CN1C([2H])([2H])C([2H])([2H])C([2H])(N(Cc2ccc(-c3ccc(C(F)(F)F)cc3)cc2)C(=O)C([2H])([2H])n2c(SCc3cccc(F)c3F)cc(=O)c3ccccc32)C([2H])([2H])C1([2H])[2H])OC. The molecule has 6 rings (SSSR count). The van der Waals surface area contributed by atoms with Crippen molar-refractivity contribution in [2.24, 2.45) is 0 Å². The average Bonchev–Trinajstić information content (AvgIpc) is 3.24. The van der Waals surface area contributed by atoms with E-state index in [1.165, 1.54) is 72.8 Å². The van der Waals surface area contributed by atoms with E-state index in [4.69, 9.17) is 8.22 Å². The second-order valence-corrected chi connectivity index (χ2v) is 12.2. The van der Waals surface area contributed by atoms with E-state index >= 15 is 4.79 Å². The Balaban J connectivity index is 1.56. The molecule has 0 aliphatic carbocycles. The number of thioether (sulfide) groups is 1. The highest BCUT2D eigenvalue weighted by atomic mass is 32.2. The summed E-state index contributed by atoms with van der Waals surface area (Å²) in [5.74, 6) is -4.93. The number of hydrogen-bond acceptors (Lipinski definition) is 5. The number of methoxy groups -OCH3 is 1. The Hall–Kier alpha value is -4.52. The highest BCUT2D eigenvalue weighted by molar-refractivity contribution is 7.98. The van der Waals surface area contributed by atoms with Crippen molar-refractivity contribution in [1.29, 1.82) is 0 Å². The topological polar surface area (TPSA) is 54.8 Å². The van der Waals surface area contributed by atoms with Gasteiger partial charge in [-0.25, -0.2) is 8.78 Å². The van der Waals surface area contributed by atoms with Crippen LogP contribution in [0.2, 0.25) is 0 Å². The molecule has 52 heavy (non-hydrogen) atoms. The molecular weight excluding hydrogens is 698 g/mol. The van der Waals surface area contributed by atoms with E-state index in [0.717, 1.165) is 31.4 Å². The van der Waals surface area contributed by atoms with Crippen molar-refractivity contribution in [2.75, 3.05) is 33.2 Å². The number of carbonyl (C=O) groups is 1. The molecule has 272 valence electrons. The van der Waals surface area contributed by atoms with Crippen molar-refractivity contribution in [3.63, 3.8) is 0 Å². The number of ether oxygens (including phenoxy) is 1. The number of nitrogens with zero attached hydrogens (tertiary/aromatic N) is 3. The summed E-state index contributed by atoms with van der Waals surface area (Å²) in [6, 6.07) is 14.4. The number of alkyl halides is 3. The fourth-order valence-corrected chi connectivity index (χ4v) is 6.16. The summed E-state index contributed by atoms with van der Waals surface area (Å²) in [7, 11) is 0.834. The highest BCUT2D eigenvalue weighted by Gasteiger charge is 2.31. The van der Waals surface area contributed by atoms with Crippen molar-refractivity contribution < 1.29 is 49.3 Å². The fraction of sp³-hybridized carbons (Fsp3) is 0.300. The molecule has 0 unspecified atom stereocenters. The van der Waals surface area contributed by atoms with Gasteiger partial charge in [-0.05, 0) is 59.8 Å². The van der Waals surface area contributed by atoms with Crippen molar-refractivity contribution in [1.82, 2.24) is 14.4 Å². The molecule has 5 aromatic rings. The third-order valence-corrected chi connectivity index (χ3v) is 8.89. The Morgan fingerprint density at radius 2 is 1.65 bits per heavy atom.